The van der Waals surface area contributed by atoms with Gasteiger partial charge < -0.3 is 14.4 Å². The van der Waals surface area contributed by atoms with Crippen molar-refractivity contribution in [3.8, 4) is 5.75 Å². The average Bonchev–Trinajstić information content (AvgIpc) is 2.28. The minimum atomic E-state index is -0.288. The predicted molar refractivity (Wildman–Crippen MR) is 61.0 cm³/mol. The van der Waals surface area contributed by atoms with Crippen LogP contribution in [0.4, 0.5) is 0 Å². The lowest BCUT2D eigenvalue weighted by Crippen LogP contribution is -3.06. The predicted octanol–water partition coefficient (Wildman–Crippen LogP) is -0.00350. The van der Waals surface area contributed by atoms with E-state index in [9.17, 15) is 4.79 Å². The third-order valence-electron chi connectivity index (χ3n) is 2.16. The minimum absolute atomic E-state index is 0.288. The quantitative estimate of drug-likeness (QED) is 0.715. The van der Waals surface area contributed by atoms with Gasteiger partial charge in [-0.1, -0.05) is 0 Å². The second kappa shape index (κ2) is 6.12. The molecule has 0 saturated heterocycles. The first kappa shape index (κ1) is 12.5. The highest BCUT2D eigenvalue weighted by Crippen LogP contribution is 2.11. The third-order valence-corrected chi connectivity index (χ3v) is 2.16. The van der Waals surface area contributed by atoms with Crippen LogP contribution >= 0.6 is 0 Å². The van der Waals surface area contributed by atoms with E-state index in [0.717, 1.165) is 12.3 Å². The maximum Gasteiger partial charge on any atom is 0.338 e. The Kier molecular flexibility index (Phi) is 4.79. The summed E-state index contributed by atoms with van der Waals surface area (Å²) in [6.07, 6.45) is 0. The number of esters is 1. The molecule has 0 heterocycles. The molecule has 1 aromatic carbocycles. The zero-order chi connectivity index (χ0) is 12.0. The second-order valence-electron chi connectivity index (χ2n) is 3.82. The minimum Gasteiger partial charge on any atom is -0.497 e. The molecule has 88 valence electrons. The van der Waals surface area contributed by atoms with E-state index in [1.165, 1.54) is 4.90 Å². The molecular weight excluding hydrogens is 206 g/mol. The number of nitrogens with one attached hydrogen (secondary N) is 1. The van der Waals surface area contributed by atoms with E-state index in [1.807, 2.05) is 14.1 Å². The number of carbonyl (C=O) groups excluding carboxylic acids is 1. The Morgan fingerprint density at radius 3 is 2.38 bits per heavy atom. The summed E-state index contributed by atoms with van der Waals surface area (Å²) in [6, 6.07) is 6.88. The van der Waals surface area contributed by atoms with Crippen molar-refractivity contribution in [2.45, 2.75) is 0 Å². The summed E-state index contributed by atoms with van der Waals surface area (Å²) in [7, 11) is 5.62. The Balaban J connectivity index is 2.46. The molecule has 0 aliphatic heterocycles. The Morgan fingerprint density at radius 1 is 1.25 bits per heavy atom. The first-order valence-electron chi connectivity index (χ1n) is 5.23. The molecule has 0 aromatic heterocycles. The monoisotopic (exact) mass is 224 g/mol. The van der Waals surface area contributed by atoms with Gasteiger partial charge in [-0.25, -0.2) is 4.79 Å². The number of likely N-dealkylation sites (N-methyl/N-ethyl adjacent to an activating group) is 1. The van der Waals surface area contributed by atoms with E-state index in [1.54, 1.807) is 31.4 Å². The summed E-state index contributed by atoms with van der Waals surface area (Å²) >= 11 is 0. The largest absolute Gasteiger partial charge is 0.497 e. The van der Waals surface area contributed by atoms with Crippen LogP contribution in [0.3, 0.4) is 0 Å². The number of carbonyl (C=O) groups is 1. The number of hydrogen-bond acceptors (Lipinski definition) is 3. The van der Waals surface area contributed by atoms with Gasteiger partial charge in [-0.05, 0) is 24.3 Å². The molecule has 4 nitrogen and oxygen atoms in total. The fourth-order valence-corrected chi connectivity index (χ4v) is 1.16. The molecule has 1 N–H and O–H groups in total. The maximum absolute atomic E-state index is 11.6. The number of methoxy groups -OCH3 is 1. The molecule has 0 saturated carbocycles. The number of benzene rings is 1. The van der Waals surface area contributed by atoms with Crippen LogP contribution in [0.2, 0.25) is 0 Å². The van der Waals surface area contributed by atoms with Crippen LogP contribution in [0.1, 0.15) is 10.4 Å². The van der Waals surface area contributed by atoms with E-state index in [2.05, 4.69) is 0 Å². The van der Waals surface area contributed by atoms with E-state index < -0.39 is 0 Å². The van der Waals surface area contributed by atoms with Crippen LogP contribution in [0, 0.1) is 0 Å². The first-order chi connectivity index (χ1) is 7.63. The van der Waals surface area contributed by atoms with Crippen LogP contribution in [0.15, 0.2) is 24.3 Å². The zero-order valence-corrected chi connectivity index (χ0v) is 9.95. The number of quaternary nitrogens is 1. The first-order valence-corrected chi connectivity index (χ1v) is 5.23. The third kappa shape index (κ3) is 3.90. The standard InChI is InChI=1S/C12H17NO3/c1-13(2)8-9-16-12(14)10-4-6-11(15-3)7-5-10/h4-7H,8-9H2,1-3H3/p+1. The highest BCUT2D eigenvalue weighted by atomic mass is 16.5. The van der Waals surface area contributed by atoms with Gasteiger partial charge in [0.1, 0.15) is 18.9 Å². The smallest absolute Gasteiger partial charge is 0.338 e. The number of ether oxygens (including phenoxy) is 2. The van der Waals surface area contributed by atoms with Crippen molar-refractivity contribution in [1.82, 2.24) is 0 Å². The van der Waals surface area contributed by atoms with Gasteiger partial charge in [-0.3, -0.25) is 0 Å². The van der Waals surface area contributed by atoms with Crippen molar-refractivity contribution in [2.24, 2.45) is 0 Å². The van der Waals surface area contributed by atoms with Crippen LogP contribution in [0.5, 0.6) is 5.75 Å². The van der Waals surface area contributed by atoms with Gasteiger partial charge in [0.25, 0.3) is 0 Å². The molecule has 0 unspecified atom stereocenters. The highest BCUT2D eigenvalue weighted by molar-refractivity contribution is 5.89. The molecule has 0 aliphatic carbocycles. The van der Waals surface area contributed by atoms with Gasteiger partial charge in [0.15, 0.2) is 0 Å². The normalized spacial score (nSPS) is 10.2. The van der Waals surface area contributed by atoms with E-state index >= 15 is 0 Å². The van der Waals surface area contributed by atoms with Crippen molar-refractivity contribution >= 4 is 5.97 Å². The summed E-state index contributed by atoms with van der Waals surface area (Å²) in [5, 5.41) is 0. The fourth-order valence-electron chi connectivity index (χ4n) is 1.16. The zero-order valence-electron chi connectivity index (χ0n) is 9.95. The molecule has 0 spiro atoms. The van der Waals surface area contributed by atoms with Gasteiger partial charge in [0.05, 0.1) is 26.8 Å². The van der Waals surface area contributed by atoms with Gasteiger partial charge in [0.2, 0.25) is 0 Å². The lowest BCUT2D eigenvalue weighted by Gasteiger charge is -2.08. The molecule has 0 bridgehead atoms. The molecule has 0 radical (unpaired) electrons. The molecule has 0 amide bonds. The molecule has 1 aromatic rings. The van der Waals surface area contributed by atoms with Gasteiger partial charge in [-0.15, -0.1) is 0 Å². The molecular formula is C12H18NO3+. The Hall–Kier alpha value is -1.55. The summed E-state index contributed by atoms with van der Waals surface area (Å²) in [4.78, 5) is 12.8. The SMILES string of the molecule is COc1ccc(C(=O)OCC[NH+](C)C)cc1. The van der Waals surface area contributed by atoms with Crippen LogP contribution in [-0.2, 0) is 4.74 Å². The van der Waals surface area contributed by atoms with E-state index in [-0.39, 0.29) is 5.97 Å². The Bertz CT molecular complexity index is 333. The van der Waals surface area contributed by atoms with Gasteiger partial charge in [-0.2, -0.15) is 0 Å². The number of hydrogen-bond donors (Lipinski definition) is 1. The van der Waals surface area contributed by atoms with E-state index in [4.69, 9.17) is 9.47 Å². The lowest BCUT2D eigenvalue weighted by atomic mass is 10.2. The number of rotatable bonds is 5. The molecule has 0 fully saturated rings. The maximum atomic E-state index is 11.6. The Labute approximate surface area is 95.8 Å². The molecule has 1 rings (SSSR count). The molecule has 0 atom stereocenters. The molecule has 16 heavy (non-hydrogen) atoms. The van der Waals surface area contributed by atoms with Crippen LogP contribution < -0.4 is 9.64 Å². The van der Waals surface area contributed by atoms with Gasteiger partial charge >= 0.3 is 5.97 Å². The van der Waals surface area contributed by atoms with Crippen molar-refractivity contribution in [2.75, 3.05) is 34.4 Å². The van der Waals surface area contributed by atoms with Crippen LogP contribution in [0.25, 0.3) is 0 Å². The lowest BCUT2D eigenvalue weighted by molar-refractivity contribution is -0.858. The summed E-state index contributed by atoms with van der Waals surface area (Å²) in [5.41, 5.74) is 0.551. The molecule has 4 heteroatoms. The average molecular weight is 224 g/mol. The summed E-state index contributed by atoms with van der Waals surface area (Å²) in [6.45, 7) is 1.25. The van der Waals surface area contributed by atoms with Gasteiger partial charge in [0, 0.05) is 0 Å². The topological polar surface area (TPSA) is 40.0 Å². The van der Waals surface area contributed by atoms with Crippen molar-refractivity contribution < 1.29 is 19.2 Å². The summed E-state index contributed by atoms with van der Waals surface area (Å²) < 4.78 is 10.1. The van der Waals surface area contributed by atoms with Crippen molar-refractivity contribution in [3.05, 3.63) is 29.8 Å². The Morgan fingerprint density at radius 2 is 1.88 bits per heavy atom. The molecule has 0 aliphatic rings. The van der Waals surface area contributed by atoms with E-state index in [0.29, 0.717) is 12.2 Å². The summed E-state index contributed by atoms with van der Waals surface area (Å²) in [5.74, 6) is 0.443. The second-order valence-corrected chi connectivity index (χ2v) is 3.82. The van der Waals surface area contributed by atoms with Crippen LogP contribution in [-0.4, -0.2) is 40.3 Å². The van der Waals surface area contributed by atoms with Crippen molar-refractivity contribution in [3.63, 3.8) is 0 Å². The van der Waals surface area contributed by atoms with Crippen molar-refractivity contribution in [1.29, 1.82) is 0 Å². The highest BCUT2D eigenvalue weighted by Gasteiger charge is 2.07. The fraction of sp³-hybridized carbons (Fsp3) is 0.417.